The van der Waals surface area contributed by atoms with E-state index in [0.29, 0.717) is 36.4 Å². The summed E-state index contributed by atoms with van der Waals surface area (Å²) in [6, 6.07) is 1.60. The summed E-state index contributed by atoms with van der Waals surface area (Å²) >= 11 is 5.68. The van der Waals surface area contributed by atoms with Crippen LogP contribution in [0.2, 0.25) is 5.02 Å². The van der Waals surface area contributed by atoms with Crippen molar-refractivity contribution in [2.75, 3.05) is 25.6 Å². The maximum atomic E-state index is 5.68. The zero-order valence-electron chi connectivity index (χ0n) is 8.00. The minimum atomic E-state index is 0.397. The molecule has 0 aromatic carbocycles. The molecule has 0 spiro atoms. The van der Waals surface area contributed by atoms with Gasteiger partial charge < -0.3 is 15.2 Å². The van der Waals surface area contributed by atoms with Crippen LogP contribution in [0.4, 0.5) is 5.69 Å². The number of halogens is 1. The van der Waals surface area contributed by atoms with Crippen molar-refractivity contribution in [1.82, 2.24) is 4.98 Å². The molecular formula is C9H13ClN2O2. The lowest BCUT2D eigenvalue weighted by Crippen LogP contribution is -2.08. The van der Waals surface area contributed by atoms with Gasteiger partial charge in [0.15, 0.2) is 0 Å². The quantitative estimate of drug-likeness (QED) is 0.762. The monoisotopic (exact) mass is 216 g/mol. The number of aromatic nitrogens is 1. The smallest absolute Gasteiger partial charge is 0.237 e. The van der Waals surface area contributed by atoms with E-state index in [1.165, 1.54) is 6.20 Å². The zero-order valence-corrected chi connectivity index (χ0v) is 8.75. The van der Waals surface area contributed by atoms with Crippen LogP contribution in [0.25, 0.3) is 0 Å². The summed E-state index contributed by atoms with van der Waals surface area (Å²) in [7, 11) is 0. The van der Waals surface area contributed by atoms with E-state index in [2.05, 4.69) is 4.98 Å². The second kappa shape index (κ2) is 5.67. The van der Waals surface area contributed by atoms with Crippen LogP contribution in [-0.2, 0) is 4.74 Å². The first-order chi connectivity index (χ1) is 6.74. The van der Waals surface area contributed by atoms with Crippen molar-refractivity contribution in [3.8, 4) is 5.88 Å². The molecule has 1 heterocycles. The Morgan fingerprint density at radius 2 is 2.29 bits per heavy atom. The highest BCUT2D eigenvalue weighted by Gasteiger charge is 2.02. The largest absolute Gasteiger partial charge is 0.474 e. The Morgan fingerprint density at radius 1 is 1.50 bits per heavy atom. The van der Waals surface area contributed by atoms with Crippen molar-refractivity contribution < 1.29 is 9.47 Å². The molecule has 14 heavy (non-hydrogen) atoms. The van der Waals surface area contributed by atoms with E-state index in [1.54, 1.807) is 6.07 Å². The van der Waals surface area contributed by atoms with Crippen molar-refractivity contribution in [1.29, 1.82) is 0 Å². The number of nitrogens with two attached hydrogens (primary N) is 1. The predicted octanol–water partition coefficient (Wildman–Crippen LogP) is 1.73. The molecule has 0 atom stereocenters. The lowest BCUT2D eigenvalue weighted by Gasteiger charge is -2.07. The van der Waals surface area contributed by atoms with Crippen LogP contribution in [0.5, 0.6) is 5.88 Å². The molecule has 0 aliphatic heterocycles. The van der Waals surface area contributed by atoms with Gasteiger partial charge in [-0.15, -0.1) is 0 Å². The Hall–Kier alpha value is -1.00. The first kappa shape index (κ1) is 11.1. The highest BCUT2D eigenvalue weighted by molar-refractivity contribution is 6.30. The van der Waals surface area contributed by atoms with Gasteiger partial charge in [0.25, 0.3) is 0 Å². The van der Waals surface area contributed by atoms with Crippen LogP contribution in [0, 0.1) is 0 Å². The van der Waals surface area contributed by atoms with E-state index in [1.807, 2.05) is 6.92 Å². The van der Waals surface area contributed by atoms with Gasteiger partial charge in [-0.3, -0.25) is 0 Å². The molecule has 0 saturated heterocycles. The molecule has 0 unspecified atom stereocenters. The Kier molecular flexibility index (Phi) is 4.49. The van der Waals surface area contributed by atoms with Gasteiger partial charge in [0.2, 0.25) is 5.88 Å². The van der Waals surface area contributed by atoms with Crippen LogP contribution >= 0.6 is 11.6 Å². The molecule has 1 rings (SSSR count). The van der Waals surface area contributed by atoms with Crippen LogP contribution in [0.3, 0.4) is 0 Å². The number of ether oxygens (including phenoxy) is 2. The topological polar surface area (TPSA) is 57.4 Å². The summed E-state index contributed by atoms with van der Waals surface area (Å²) in [5.74, 6) is 0.397. The minimum absolute atomic E-state index is 0.397. The van der Waals surface area contributed by atoms with Gasteiger partial charge in [0.05, 0.1) is 17.3 Å². The Labute approximate surface area is 88.0 Å². The maximum absolute atomic E-state index is 5.68. The molecule has 0 fully saturated rings. The van der Waals surface area contributed by atoms with Gasteiger partial charge in [-0.25, -0.2) is 4.98 Å². The molecule has 1 aromatic heterocycles. The second-order valence-corrected chi connectivity index (χ2v) is 3.03. The number of anilines is 1. The molecule has 5 heteroatoms. The fourth-order valence-corrected chi connectivity index (χ4v) is 1.07. The second-order valence-electron chi connectivity index (χ2n) is 2.59. The Bertz CT molecular complexity index is 294. The van der Waals surface area contributed by atoms with Crippen molar-refractivity contribution >= 4 is 17.3 Å². The highest BCUT2D eigenvalue weighted by Crippen LogP contribution is 2.21. The van der Waals surface area contributed by atoms with E-state index in [9.17, 15) is 0 Å². The molecule has 0 amide bonds. The molecule has 2 N–H and O–H groups in total. The van der Waals surface area contributed by atoms with Gasteiger partial charge in [0, 0.05) is 12.8 Å². The van der Waals surface area contributed by atoms with E-state index in [4.69, 9.17) is 26.8 Å². The molecule has 1 aromatic rings. The number of pyridine rings is 1. The summed E-state index contributed by atoms with van der Waals surface area (Å²) in [4.78, 5) is 3.94. The number of hydrogen-bond acceptors (Lipinski definition) is 4. The molecule has 0 aliphatic rings. The summed E-state index contributed by atoms with van der Waals surface area (Å²) in [5, 5.41) is 0.500. The standard InChI is InChI=1S/C9H13ClN2O2/c1-2-13-3-4-14-9-8(11)5-7(10)6-12-9/h5-6H,2-4,11H2,1H3. The summed E-state index contributed by atoms with van der Waals surface area (Å²) < 4.78 is 10.4. The molecule has 0 aliphatic carbocycles. The van der Waals surface area contributed by atoms with Crippen molar-refractivity contribution in [3.63, 3.8) is 0 Å². The maximum Gasteiger partial charge on any atom is 0.237 e. The SMILES string of the molecule is CCOCCOc1ncc(Cl)cc1N. The van der Waals surface area contributed by atoms with E-state index in [0.717, 1.165) is 0 Å². The van der Waals surface area contributed by atoms with Crippen LogP contribution in [0.15, 0.2) is 12.3 Å². The molecule has 78 valence electrons. The van der Waals surface area contributed by atoms with Crippen LogP contribution in [0.1, 0.15) is 6.92 Å². The number of rotatable bonds is 5. The van der Waals surface area contributed by atoms with Gasteiger partial charge >= 0.3 is 0 Å². The minimum Gasteiger partial charge on any atom is -0.474 e. The van der Waals surface area contributed by atoms with Gasteiger partial charge in [0.1, 0.15) is 6.61 Å². The molecule has 0 bridgehead atoms. The average molecular weight is 217 g/mol. The van der Waals surface area contributed by atoms with Crippen molar-refractivity contribution in [3.05, 3.63) is 17.3 Å². The predicted molar refractivity (Wildman–Crippen MR) is 55.6 cm³/mol. The van der Waals surface area contributed by atoms with Crippen molar-refractivity contribution in [2.24, 2.45) is 0 Å². The number of hydrogen-bond donors (Lipinski definition) is 1. The zero-order chi connectivity index (χ0) is 10.4. The third-order valence-electron chi connectivity index (χ3n) is 1.52. The lowest BCUT2D eigenvalue weighted by molar-refractivity contribution is 0.109. The van der Waals surface area contributed by atoms with Crippen molar-refractivity contribution in [2.45, 2.75) is 6.92 Å². The number of nitrogen functional groups attached to an aromatic ring is 1. The molecule has 0 saturated carbocycles. The first-order valence-electron chi connectivity index (χ1n) is 4.35. The normalized spacial score (nSPS) is 10.1. The summed E-state index contributed by atoms with van der Waals surface area (Å²) in [6.45, 7) is 3.56. The lowest BCUT2D eigenvalue weighted by atomic mass is 10.4. The fraction of sp³-hybridized carbons (Fsp3) is 0.444. The summed E-state index contributed by atoms with van der Waals surface area (Å²) in [6.07, 6.45) is 1.49. The van der Waals surface area contributed by atoms with Gasteiger partial charge in [-0.2, -0.15) is 0 Å². The highest BCUT2D eigenvalue weighted by atomic mass is 35.5. The van der Waals surface area contributed by atoms with E-state index < -0.39 is 0 Å². The fourth-order valence-electron chi connectivity index (χ4n) is 0.905. The van der Waals surface area contributed by atoms with Crippen LogP contribution in [-0.4, -0.2) is 24.8 Å². The molecule has 0 radical (unpaired) electrons. The third kappa shape index (κ3) is 3.40. The average Bonchev–Trinajstić information content (AvgIpc) is 2.15. The summed E-state index contributed by atoms with van der Waals surface area (Å²) in [5.41, 5.74) is 6.06. The van der Waals surface area contributed by atoms with Crippen LogP contribution < -0.4 is 10.5 Å². The molecule has 4 nitrogen and oxygen atoms in total. The number of nitrogens with zero attached hydrogens (tertiary/aromatic N) is 1. The Balaban J connectivity index is 2.42. The first-order valence-corrected chi connectivity index (χ1v) is 4.73. The van der Waals surface area contributed by atoms with E-state index >= 15 is 0 Å². The Morgan fingerprint density at radius 3 is 2.93 bits per heavy atom. The van der Waals surface area contributed by atoms with E-state index in [-0.39, 0.29) is 0 Å². The van der Waals surface area contributed by atoms with Gasteiger partial charge in [-0.1, -0.05) is 11.6 Å². The van der Waals surface area contributed by atoms with Gasteiger partial charge in [-0.05, 0) is 13.0 Å². The third-order valence-corrected chi connectivity index (χ3v) is 1.72. The molecular weight excluding hydrogens is 204 g/mol.